The van der Waals surface area contributed by atoms with Crippen molar-refractivity contribution in [1.29, 1.82) is 0 Å². The summed E-state index contributed by atoms with van der Waals surface area (Å²) in [5, 5.41) is 2.77. The molecule has 1 saturated carbocycles. The van der Waals surface area contributed by atoms with Gasteiger partial charge in [0.1, 0.15) is 0 Å². The topological polar surface area (TPSA) is 47.6 Å². The number of methoxy groups -OCH3 is 1. The summed E-state index contributed by atoms with van der Waals surface area (Å²) in [7, 11) is 1.36. The van der Waals surface area contributed by atoms with E-state index in [1.807, 2.05) is 0 Å². The summed E-state index contributed by atoms with van der Waals surface area (Å²) in [6.07, 6.45) is 4.69. The Hall–Kier alpha value is -2.11. The molecule has 0 aliphatic heterocycles. The van der Waals surface area contributed by atoms with Gasteiger partial charge in [0.05, 0.1) is 7.11 Å². The molecule has 0 spiro atoms. The molecule has 20 heavy (non-hydrogen) atoms. The first-order chi connectivity index (χ1) is 9.60. The van der Waals surface area contributed by atoms with Crippen LogP contribution >= 0.6 is 0 Å². The van der Waals surface area contributed by atoms with Crippen LogP contribution < -0.4 is 14.8 Å². The number of hydrogen-bond donors (Lipinski definition) is 1. The molecular formula is C14H15F2NO3. The van der Waals surface area contributed by atoms with E-state index < -0.39 is 6.61 Å². The van der Waals surface area contributed by atoms with Crippen LogP contribution in [-0.2, 0) is 4.79 Å². The molecule has 108 valence electrons. The van der Waals surface area contributed by atoms with Crippen molar-refractivity contribution in [3.63, 3.8) is 0 Å². The number of hydrogen-bond acceptors (Lipinski definition) is 3. The third-order valence-electron chi connectivity index (χ3n) is 2.77. The maximum Gasteiger partial charge on any atom is 0.387 e. The lowest BCUT2D eigenvalue weighted by molar-refractivity contribution is -0.116. The summed E-state index contributed by atoms with van der Waals surface area (Å²) < 4.78 is 34.3. The van der Waals surface area contributed by atoms with Crippen molar-refractivity contribution in [3.05, 3.63) is 29.8 Å². The molecule has 1 amide bonds. The molecule has 1 aromatic carbocycles. The van der Waals surface area contributed by atoms with Gasteiger partial charge in [-0.1, -0.05) is 12.1 Å². The Balaban J connectivity index is 2.16. The van der Waals surface area contributed by atoms with E-state index in [0.717, 1.165) is 12.8 Å². The molecular weight excluding hydrogens is 268 g/mol. The summed E-state index contributed by atoms with van der Waals surface area (Å²) >= 11 is 0. The number of ether oxygens (including phenoxy) is 2. The normalized spacial score (nSPS) is 14.6. The van der Waals surface area contributed by atoms with Gasteiger partial charge in [-0.3, -0.25) is 4.79 Å². The number of para-hydroxylation sites is 1. The third kappa shape index (κ3) is 3.94. The fourth-order valence-corrected chi connectivity index (χ4v) is 1.68. The van der Waals surface area contributed by atoms with Gasteiger partial charge in [-0.2, -0.15) is 8.78 Å². The average molecular weight is 283 g/mol. The highest BCUT2D eigenvalue weighted by Crippen LogP contribution is 2.33. The van der Waals surface area contributed by atoms with Crippen LogP contribution in [0.5, 0.6) is 11.5 Å². The van der Waals surface area contributed by atoms with Gasteiger partial charge < -0.3 is 14.8 Å². The summed E-state index contributed by atoms with van der Waals surface area (Å²) in [5.74, 6) is -0.145. The highest BCUT2D eigenvalue weighted by atomic mass is 19.3. The second-order valence-electron chi connectivity index (χ2n) is 4.37. The first-order valence-electron chi connectivity index (χ1n) is 6.20. The number of benzene rings is 1. The fraction of sp³-hybridized carbons (Fsp3) is 0.357. The quantitative estimate of drug-likeness (QED) is 0.816. The molecule has 6 heteroatoms. The first kappa shape index (κ1) is 14.3. The molecule has 0 unspecified atom stereocenters. The molecule has 4 nitrogen and oxygen atoms in total. The van der Waals surface area contributed by atoms with E-state index in [4.69, 9.17) is 4.74 Å². The van der Waals surface area contributed by atoms with Gasteiger partial charge in [-0.25, -0.2) is 0 Å². The maximum absolute atomic E-state index is 12.4. The Kier molecular flexibility index (Phi) is 4.55. The number of halogens is 2. The molecule has 1 aliphatic carbocycles. The number of rotatable bonds is 6. The molecule has 0 bridgehead atoms. The van der Waals surface area contributed by atoms with Crippen LogP contribution in [0.4, 0.5) is 8.78 Å². The first-order valence-corrected chi connectivity index (χ1v) is 6.20. The van der Waals surface area contributed by atoms with Gasteiger partial charge >= 0.3 is 6.61 Å². The molecule has 0 aromatic heterocycles. The second kappa shape index (κ2) is 6.36. The Morgan fingerprint density at radius 3 is 2.80 bits per heavy atom. The van der Waals surface area contributed by atoms with Gasteiger partial charge in [-0.05, 0) is 25.0 Å². The van der Waals surface area contributed by atoms with Crippen LogP contribution in [0.1, 0.15) is 18.4 Å². The van der Waals surface area contributed by atoms with Crippen LogP contribution in [-0.4, -0.2) is 25.7 Å². The van der Waals surface area contributed by atoms with E-state index in [-0.39, 0.29) is 23.4 Å². The number of amides is 1. The molecule has 1 N–H and O–H groups in total. The summed E-state index contributed by atoms with van der Waals surface area (Å²) in [6.45, 7) is -2.96. The zero-order chi connectivity index (χ0) is 14.5. The number of carbonyl (C=O) groups is 1. The zero-order valence-corrected chi connectivity index (χ0v) is 10.9. The number of carbonyl (C=O) groups excluding carboxylic acids is 1. The van der Waals surface area contributed by atoms with E-state index in [1.165, 1.54) is 25.3 Å². The molecule has 0 heterocycles. The molecule has 1 aliphatic rings. The predicted octanol–water partition coefficient (Wildman–Crippen LogP) is 2.59. The Bertz CT molecular complexity index is 513. The predicted molar refractivity (Wildman–Crippen MR) is 69.8 cm³/mol. The minimum Gasteiger partial charge on any atom is -0.493 e. The van der Waals surface area contributed by atoms with Crippen molar-refractivity contribution in [2.45, 2.75) is 25.5 Å². The van der Waals surface area contributed by atoms with Crippen LogP contribution in [0.25, 0.3) is 6.08 Å². The van der Waals surface area contributed by atoms with Gasteiger partial charge in [0.25, 0.3) is 0 Å². The summed E-state index contributed by atoms with van der Waals surface area (Å²) in [6, 6.07) is 4.96. The van der Waals surface area contributed by atoms with Crippen LogP contribution in [0.15, 0.2) is 24.3 Å². The van der Waals surface area contributed by atoms with Gasteiger partial charge in [0, 0.05) is 17.7 Å². The molecule has 0 saturated heterocycles. The van der Waals surface area contributed by atoms with E-state index in [0.29, 0.717) is 5.56 Å². The van der Waals surface area contributed by atoms with Crippen LogP contribution in [0.3, 0.4) is 0 Å². The fourth-order valence-electron chi connectivity index (χ4n) is 1.68. The van der Waals surface area contributed by atoms with Crippen molar-refractivity contribution in [2.75, 3.05) is 7.11 Å². The van der Waals surface area contributed by atoms with Crippen molar-refractivity contribution in [3.8, 4) is 11.5 Å². The summed E-state index contributed by atoms with van der Waals surface area (Å²) in [4.78, 5) is 11.5. The Morgan fingerprint density at radius 1 is 1.45 bits per heavy atom. The van der Waals surface area contributed by atoms with Crippen LogP contribution in [0, 0.1) is 0 Å². The largest absolute Gasteiger partial charge is 0.493 e. The lowest BCUT2D eigenvalue weighted by Gasteiger charge is -2.12. The van der Waals surface area contributed by atoms with E-state index >= 15 is 0 Å². The SMILES string of the molecule is COc1cccc(/C=C/C(=O)NC2CC2)c1OC(F)F. The Morgan fingerprint density at radius 2 is 2.20 bits per heavy atom. The molecule has 1 aromatic rings. The minimum absolute atomic E-state index is 0.0829. The number of alkyl halides is 2. The lowest BCUT2D eigenvalue weighted by Crippen LogP contribution is -2.22. The van der Waals surface area contributed by atoms with Crippen molar-refractivity contribution < 1.29 is 23.0 Å². The van der Waals surface area contributed by atoms with Crippen molar-refractivity contribution in [1.82, 2.24) is 5.32 Å². The average Bonchev–Trinajstić information content (AvgIpc) is 3.20. The second-order valence-corrected chi connectivity index (χ2v) is 4.37. The number of nitrogens with one attached hydrogen (secondary N) is 1. The monoisotopic (exact) mass is 283 g/mol. The maximum atomic E-state index is 12.4. The Labute approximate surface area is 115 Å². The molecule has 0 radical (unpaired) electrons. The zero-order valence-electron chi connectivity index (χ0n) is 10.9. The lowest BCUT2D eigenvalue weighted by atomic mass is 10.1. The highest BCUT2D eigenvalue weighted by Gasteiger charge is 2.22. The van der Waals surface area contributed by atoms with Crippen LogP contribution in [0.2, 0.25) is 0 Å². The van der Waals surface area contributed by atoms with E-state index in [2.05, 4.69) is 10.1 Å². The van der Waals surface area contributed by atoms with E-state index in [9.17, 15) is 13.6 Å². The van der Waals surface area contributed by atoms with Gasteiger partial charge in [-0.15, -0.1) is 0 Å². The molecule has 1 fully saturated rings. The highest BCUT2D eigenvalue weighted by molar-refractivity contribution is 5.92. The smallest absolute Gasteiger partial charge is 0.387 e. The third-order valence-corrected chi connectivity index (χ3v) is 2.77. The standard InChI is InChI=1S/C14H15F2NO3/c1-19-11-4-2-3-9(13(11)20-14(15)16)5-8-12(18)17-10-6-7-10/h2-5,8,10,14H,6-7H2,1H3,(H,17,18)/b8-5+. The molecule has 0 atom stereocenters. The van der Waals surface area contributed by atoms with Gasteiger partial charge in [0.15, 0.2) is 11.5 Å². The van der Waals surface area contributed by atoms with Crippen molar-refractivity contribution in [2.24, 2.45) is 0 Å². The molecule has 2 rings (SSSR count). The summed E-state index contributed by atoms with van der Waals surface area (Å²) in [5.41, 5.74) is 0.357. The van der Waals surface area contributed by atoms with Gasteiger partial charge in [0.2, 0.25) is 5.91 Å². The van der Waals surface area contributed by atoms with Crippen molar-refractivity contribution >= 4 is 12.0 Å². The van der Waals surface area contributed by atoms with E-state index in [1.54, 1.807) is 12.1 Å². The minimum atomic E-state index is -2.96.